The van der Waals surface area contributed by atoms with E-state index in [0.29, 0.717) is 5.56 Å². The average Bonchev–Trinajstić information content (AvgIpc) is 2.85. The van der Waals surface area contributed by atoms with E-state index in [4.69, 9.17) is 0 Å². The lowest BCUT2D eigenvalue weighted by Gasteiger charge is -2.19. The summed E-state index contributed by atoms with van der Waals surface area (Å²) in [6, 6.07) is 2.11. The molecule has 2 atom stereocenters. The normalized spacial score (nSPS) is 13.7. The highest BCUT2D eigenvalue weighted by molar-refractivity contribution is 5.83. The van der Waals surface area contributed by atoms with E-state index in [-0.39, 0.29) is 11.5 Å². The molecule has 0 fully saturated rings. The van der Waals surface area contributed by atoms with Crippen molar-refractivity contribution in [2.24, 2.45) is 7.05 Å². The molecular formula is C15H18F2N4O. The van der Waals surface area contributed by atoms with Crippen molar-refractivity contribution in [1.29, 1.82) is 0 Å². The Balaban J connectivity index is 2.12. The maximum absolute atomic E-state index is 13.7. The summed E-state index contributed by atoms with van der Waals surface area (Å²) in [5, 5.41) is 9.63. The predicted molar refractivity (Wildman–Crippen MR) is 77.9 cm³/mol. The number of carbonyl (C=O) groups is 1. The van der Waals surface area contributed by atoms with Gasteiger partial charge in [0.25, 0.3) is 0 Å². The number of rotatable bonds is 5. The molecule has 118 valence electrons. The molecule has 1 aromatic carbocycles. The molecule has 5 nitrogen and oxygen atoms in total. The summed E-state index contributed by atoms with van der Waals surface area (Å²) in [5.74, 6) is -1.65. The summed E-state index contributed by atoms with van der Waals surface area (Å²) in [4.78, 5) is 12.3. The Labute approximate surface area is 127 Å². The standard InChI is InChI=1S/C15H18F2N4O/c1-9(12-5-4-11(16)6-13(12)17)20-15(22)14(18-2)10-7-19-21(3)8-10/h4-9,14,18H,1-3H3,(H,20,22)/t9-,14?/m1/s1. The van der Waals surface area contributed by atoms with Crippen LogP contribution in [0.1, 0.15) is 30.1 Å². The first kappa shape index (κ1) is 16.1. The fourth-order valence-corrected chi connectivity index (χ4v) is 2.27. The number of hydrogen-bond donors (Lipinski definition) is 2. The van der Waals surface area contributed by atoms with Gasteiger partial charge in [-0.2, -0.15) is 5.10 Å². The number of hydrogen-bond acceptors (Lipinski definition) is 3. The third-order valence-corrected chi connectivity index (χ3v) is 3.40. The second kappa shape index (κ2) is 6.65. The molecule has 0 saturated heterocycles. The summed E-state index contributed by atoms with van der Waals surface area (Å²) in [7, 11) is 3.41. The van der Waals surface area contributed by atoms with Crippen molar-refractivity contribution in [3.8, 4) is 0 Å². The fourth-order valence-electron chi connectivity index (χ4n) is 2.27. The molecule has 0 bridgehead atoms. The predicted octanol–water partition coefficient (Wildman–Crippen LogP) is 1.84. The molecule has 2 rings (SSSR count). The monoisotopic (exact) mass is 308 g/mol. The molecule has 7 heteroatoms. The molecule has 1 aromatic heterocycles. The number of likely N-dealkylation sites (N-methyl/N-ethyl adjacent to an activating group) is 1. The van der Waals surface area contributed by atoms with E-state index in [2.05, 4.69) is 15.7 Å². The van der Waals surface area contributed by atoms with Crippen molar-refractivity contribution in [3.63, 3.8) is 0 Å². The zero-order valence-electron chi connectivity index (χ0n) is 12.6. The zero-order chi connectivity index (χ0) is 16.3. The van der Waals surface area contributed by atoms with Crippen molar-refractivity contribution >= 4 is 5.91 Å². The van der Waals surface area contributed by atoms with Crippen molar-refractivity contribution in [1.82, 2.24) is 20.4 Å². The van der Waals surface area contributed by atoms with Gasteiger partial charge in [0, 0.05) is 30.4 Å². The third kappa shape index (κ3) is 3.48. The molecule has 0 aliphatic carbocycles. The largest absolute Gasteiger partial charge is 0.348 e. The Morgan fingerprint density at radius 3 is 2.64 bits per heavy atom. The number of aromatic nitrogens is 2. The average molecular weight is 308 g/mol. The van der Waals surface area contributed by atoms with Crippen LogP contribution in [0, 0.1) is 11.6 Å². The van der Waals surface area contributed by atoms with E-state index < -0.39 is 23.7 Å². The number of nitrogens with zero attached hydrogens (tertiary/aromatic N) is 2. The van der Waals surface area contributed by atoms with Crippen LogP contribution in [0.4, 0.5) is 8.78 Å². The van der Waals surface area contributed by atoms with E-state index >= 15 is 0 Å². The summed E-state index contributed by atoms with van der Waals surface area (Å²) >= 11 is 0. The minimum Gasteiger partial charge on any atom is -0.348 e. The Morgan fingerprint density at radius 2 is 2.09 bits per heavy atom. The minimum atomic E-state index is -0.685. The van der Waals surface area contributed by atoms with Crippen LogP contribution >= 0.6 is 0 Å². The smallest absolute Gasteiger partial charge is 0.242 e. The van der Waals surface area contributed by atoms with Crippen LogP contribution < -0.4 is 10.6 Å². The number of nitrogens with one attached hydrogen (secondary N) is 2. The SMILES string of the molecule is CNC(C(=O)N[C@H](C)c1ccc(F)cc1F)c1cnn(C)c1. The van der Waals surface area contributed by atoms with Crippen LogP contribution in [0.5, 0.6) is 0 Å². The van der Waals surface area contributed by atoms with Gasteiger partial charge < -0.3 is 10.6 Å². The van der Waals surface area contributed by atoms with E-state index in [1.165, 1.54) is 6.07 Å². The molecule has 1 heterocycles. The molecule has 2 aromatic rings. The second-order valence-corrected chi connectivity index (χ2v) is 5.07. The van der Waals surface area contributed by atoms with Crippen LogP contribution in [0.3, 0.4) is 0 Å². The van der Waals surface area contributed by atoms with Crippen LogP contribution in [-0.2, 0) is 11.8 Å². The quantitative estimate of drug-likeness (QED) is 0.886. The van der Waals surface area contributed by atoms with Crippen molar-refractivity contribution < 1.29 is 13.6 Å². The van der Waals surface area contributed by atoms with Gasteiger partial charge in [-0.3, -0.25) is 9.48 Å². The van der Waals surface area contributed by atoms with Gasteiger partial charge in [0.15, 0.2) is 0 Å². The van der Waals surface area contributed by atoms with Crippen molar-refractivity contribution in [2.75, 3.05) is 7.05 Å². The van der Waals surface area contributed by atoms with Gasteiger partial charge in [-0.05, 0) is 20.0 Å². The van der Waals surface area contributed by atoms with Crippen LogP contribution in [-0.4, -0.2) is 22.7 Å². The molecule has 0 spiro atoms. The number of halogens is 2. The highest BCUT2D eigenvalue weighted by atomic mass is 19.1. The molecule has 1 amide bonds. The van der Waals surface area contributed by atoms with Crippen LogP contribution in [0.2, 0.25) is 0 Å². The summed E-state index contributed by atoms with van der Waals surface area (Å²) < 4.78 is 28.3. The summed E-state index contributed by atoms with van der Waals surface area (Å²) in [6.07, 6.45) is 3.31. The third-order valence-electron chi connectivity index (χ3n) is 3.40. The molecule has 0 aliphatic heterocycles. The molecule has 2 N–H and O–H groups in total. The van der Waals surface area contributed by atoms with E-state index in [1.807, 2.05) is 0 Å². The molecular weight excluding hydrogens is 290 g/mol. The maximum atomic E-state index is 13.7. The highest BCUT2D eigenvalue weighted by Gasteiger charge is 2.23. The van der Waals surface area contributed by atoms with Crippen LogP contribution in [0.15, 0.2) is 30.6 Å². The van der Waals surface area contributed by atoms with E-state index in [0.717, 1.165) is 12.1 Å². The van der Waals surface area contributed by atoms with Gasteiger partial charge in [0.05, 0.1) is 12.2 Å². The van der Waals surface area contributed by atoms with Crippen LogP contribution in [0.25, 0.3) is 0 Å². The molecule has 0 aliphatic rings. The molecule has 22 heavy (non-hydrogen) atoms. The maximum Gasteiger partial charge on any atom is 0.242 e. The highest BCUT2D eigenvalue weighted by Crippen LogP contribution is 2.19. The first-order chi connectivity index (χ1) is 10.4. The van der Waals surface area contributed by atoms with Gasteiger partial charge in [0.2, 0.25) is 5.91 Å². The lowest BCUT2D eigenvalue weighted by molar-refractivity contribution is -0.123. The fraction of sp³-hybridized carbons (Fsp3) is 0.333. The Kier molecular flexibility index (Phi) is 4.87. The Hall–Kier alpha value is -2.28. The van der Waals surface area contributed by atoms with E-state index in [1.54, 1.807) is 38.1 Å². The van der Waals surface area contributed by atoms with Gasteiger partial charge in [-0.15, -0.1) is 0 Å². The van der Waals surface area contributed by atoms with Gasteiger partial charge in [0.1, 0.15) is 17.7 Å². The summed E-state index contributed by atoms with van der Waals surface area (Å²) in [6.45, 7) is 1.64. The van der Waals surface area contributed by atoms with E-state index in [9.17, 15) is 13.6 Å². The van der Waals surface area contributed by atoms with Crippen molar-refractivity contribution in [3.05, 3.63) is 53.4 Å². The lowest BCUT2D eigenvalue weighted by Crippen LogP contribution is -2.37. The number of benzene rings is 1. The second-order valence-electron chi connectivity index (χ2n) is 5.07. The van der Waals surface area contributed by atoms with Gasteiger partial charge >= 0.3 is 0 Å². The lowest BCUT2D eigenvalue weighted by atomic mass is 10.1. The molecule has 0 radical (unpaired) electrons. The molecule has 1 unspecified atom stereocenters. The number of carbonyl (C=O) groups excluding carboxylic acids is 1. The first-order valence-corrected chi connectivity index (χ1v) is 6.83. The first-order valence-electron chi connectivity index (χ1n) is 6.83. The molecule has 0 saturated carbocycles. The minimum absolute atomic E-state index is 0.232. The van der Waals surface area contributed by atoms with Gasteiger partial charge in [-0.25, -0.2) is 8.78 Å². The van der Waals surface area contributed by atoms with Gasteiger partial charge in [-0.1, -0.05) is 6.07 Å². The Bertz CT molecular complexity index is 671. The Morgan fingerprint density at radius 1 is 1.36 bits per heavy atom. The number of amides is 1. The topological polar surface area (TPSA) is 59.0 Å². The summed E-state index contributed by atoms with van der Waals surface area (Å²) in [5.41, 5.74) is 0.935. The number of aryl methyl sites for hydroxylation is 1. The zero-order valence-corrected chi connectivity index (χ0v) is 12.6. The van der Waals surface area contributed by atoms with Crippen molar-refractivity contribution in [2.45, 2.75) is 19.0 Å².